The molecule has 0 aromatic heterocycles. The molecular weight excluding hydrogens is 262 g/mol. The molecule has 0 bridgehead atoms. The van der Waals surface area contributed by atoms with Crippen LogP contribution in [-0.2, 0) is 9.59 Å². The Labute approximate surface area is 115 Å². The van der Waals surface area contributed by atoms with E-state index in [2.05, 4.69) is 10.0 Å². The van der Waals surface area contributed by atoms with Gasteiger partial charge in [-0.1, -0.05) is 17.3 Å². The first-order valence-electron chi connectivity index (χ1n) is 6.53. The quantitative estimate of drug-likeness (QED) is 0.347. The van der Waals surface area contributed by atoms with Gasteiger partial charge in [0.05, 0.1) is 10.8 Å². The van der Waals surface area contributed by atoms with Crippen molar-refractivity contribution in [3.05, 3.63) is 22.6 Å². The average molecular weight is 279 g/mol. The number of aliphatic carboxylic acids is 2. The smallest absolute Gasteiger partial charge is 0.313 e. The fourth-order valence-electron chi connectivity index (χ4n) is 3.15. The van der Waals surface area contributed by atoms with Crippen molar-refractivity contribution in [1.29, 1.82) is 0 Å². The SMILES string of the molecule is CC1(C(=O)O)C=CC(C2CC2)C(CN=[N+]=[N-])(C(=O)O)C1. The number of rotatable bonds is 5. The van der Waals surface area contributed by atoms with Crippen LogP contribution in [-0.4, -0.2) is 28.7 Å². The van der Waals surface area contributed by atoms with Crippen LogP contribution in [0.3, 0.4) is 0 Å². The summed E-state index contributed by atoms with van der Waals surface area (Å²) in [4.78, 5) is 25.9. The summed E-state index contributed by atoms with van der Waals surface area (Å²) in [6.07, 6.45) is 5.11. The molecule has 2 N–H and O–H groups in total. The second-order valence-corrected chi connectivity index (χ2v) is 5.97. The molecule has 20 heavy (non-hydrogen) atoms. The minimum atomic E-state index is -1.32. The summed E-state index contributed by atoms with van der Waals surface area (Å²) in [6.45, 7) is 1.29. The summed E-state index contributed by atoms with van der Waals surface area (Å²) in [5, 5.41) is 22.4. The van der Waals surface area contributed by atoms with Crippen molar-refractivity contribution in [2.24, 2.45) is 27.8 Å². The number of nitrogens with zero attached hydrogens (tertiary/aromatic N) is 3. The number of hydrogen-bond donors (Lipinski definition) is 2. The van der Waals surface area contributed by atoms with Gasteiger partial charge in [-0.3, -0.25) is 9.59 Å². The topological polar surface area (TPSA) is 123 Å². The zero-order chi connectivity index (χ0) is 15.0. The lowest BCUT2D eigenvalue weighted by atomic mass is 9.59. The highest BCUT2D eigenvalue weighted by atomic mass is 16.4. The molecule has 0 heterocycles. The van der Waals surface area contributed by atoms with Gasteiger partial charge in [0.2, 0.25) is 0 Å². The zero-order valence-electron chi connectivity index (χ0n) is 11.2. The molecule has 108 valence electrons. The fourth-order valence-corrected chi connectivity index (χ4v) is 3.15. The molecule has 7 heteroatoms. The Morgan fingerprint density at radius 2 is 2.05 bits per heavy atom. The number of carbonyl (C=O) groups is 2. The summed E-state index contributed by atoms with van der Waals surface area (Å²) in [5.41, 5.74) is 5.94. The maximum Gasteiger partial charge on any atom is 0.313 e. The van der Waals surface area contributed by atoms with Crippen LogP contribution in [0.1, 0.15) is 26.2 Å². The van der Waals surface area contributed by atoms with Gasteiger partial charge in [-0.2, -0.15) is 0 Å². The molecule has 2 aliphatic carbocycles. The lowest BCUT2D eigenvalue weighted by Crippen LogP contribution is -2.49. The predicted octanol–water partition coefficient (Wildman–Crippen LogP) is 2.44. The van der Waals surface area contributed by atoms with Crippen molar-refractivity contribution in [2.45, 2.75) is 26.2 Å². The number of carboxylic acids is 2. The molecule has 1 saturated carbocycles. The standard InChI is InChI=1S/C13H17N3O4/c1-12(10(17)18)5-4-9(8-2-3-8)13(6-12,11(19)20)7-15-16-14/h4-5,8-9H,2-3,6-7H2,1H3,(H,17,18)(H,19,20). The summed E-state index contributed by atoms with van der Waals surface area (Å²) >= 11 is 0. The third-order valence-electron chi connectivity index (χ3n) is 4.45. The normalized spacial score (nSPS) is 36.1. The van der Waals surface area contributed by atoms with E-state index in [0.29, 0.717) is 0 Å². The van der Waals surface area contributed by atoms with Crippen LogP contribution in [0.5, 0.6) is 0 Å². The van der Waals surface area contributed by atoms with Gasteiger partial charge >= 0.3 is 11.9 Å². The van der Waals surface area contributed by atoms with Crippen LogP contribution in [0.4, 0.5) is 0 Å². The maximum absolute atomic E-state index is 11.8. The summed E-state index contributed by atoms with van der Waals surface area (Å²) < 4.78 is 0. The van der Waals surface area contributed by atoms with Crippen LogP contribution in [0, 0.1) is 22.7 Å². The highest BCUT2D eigenvalue weighted by molar-refractivity contribution is 5.82. The molecule has 0 aromatic rings. The van der Waals surface area contributed by atoms with Gasteiger partial charge in [-0.05, 0) is 43.6 Å². The Bertz CT molecular complexity index is 522. The monoisotopic (exact) mass is 279 g/mol. The minimum absolute atomic E-state index is 0.0542. The van der Waals surface area contributed by atoms with Crippen molar-refractivity contribution < 1.29 is 19.8 Å². The van der Waals surface area contributed by atoms with Gasteiger partial charge in [0.1, 0.15) is 0 Å². The lowest BCUT2D eigenvalue weighted by Gasteiger charge is -2.43. The van der Waals surface area contributed by atoms with E-state index in [1.165, 1.54) is 6.92 Å². The molecule has 0 amide bonds. The van der Waals surface area contributed by atoms with Crippen LogP contribution in [0.25, 0.3) is 10.4 Å². The highest BCUT2D eigenvalue weighted by Crippen LogP contribution is 2.54. The van der Waals surface area contributed by atoms with E-state index in [4.69, 9.17) is 5.53 Å². The van der Waals surface area contributed by atoms with Crippen molar-refractivity contribution in [3.8, 4) is 0 Å². The first kappa shape index (κ1) is 14.4. The largest absolute Gasteiger partial charge is 0.481 e. The summed E-state index contributed by atoms with van der Waals surface area (Å²) in [6, 6.07) is 0. The van der Waals surface area contributed by atoms with Crippen molar-refractivity contribution >= 4 is 11.9 Å². The van der Waals surface area contributed by atoms with Gasteiger partial charge in [0.25, 0.3) is 0 Å². The van der Waals surface area contributed by atoms with Gasteiger partial charge < -0.3 is 10.2 Å². The summed E-state index contributed by atoms with van der Waals surface area (Å²) in [5.74, 6) is -2.17. The zero-order valence-corrected chi connectivity index (χ0v) is 11.2. The molecule has 2 rings (SSSR count). The van der Waals surface area contributed by atoms with Gasteiger partial charge in [-0.15, -0.1) is 0 Å². The number of carboxylic acid groups (broad SMARTS) is 2. The van der Waals surface area contributed by atoms with Crippen molar-refractivity contribution in [1.82, 2.24) is 0 Å². The van der Waals surface area contributed by atoms with E-state index in [1.54, 1.807) is 12.2 Å². The molecule has 1 fully saturated rings. The third-order valence-corrected chi connectivity index (χ3v) is 4.45. The van der Waals surface area contributed by atoms with E-state index in [1.807, 2.05) is 0 Å². The Kier molecular flexibility index (Phi) is 3.48. The molecule has 0 radical (unpaired) electrons. The lowest BCUT2D eigenvalue weighted by molar-refractivity contribution is -0.158. The Hall–Kier alpha value is -2.01. The van der Waals surface area contributed by atoms with Crippen LogP contribution < -0.4 is 0 Å². The molecule has 0 aliphatic heterocycles. The first-order valence-corrected chi connectivity index (χ1v) is 6.53. The third kappa shape index (κ3) is 2.25. The van der Waals surface area contributed by atoms with Crippen LogP contribution in [0.15, 0.2) is 17.3 Å². The minimum Gasteiger partial charge on any atom is -0.481 e. The molecule has 2 aliphatic rings. The predicted molar refractivity (Wildman–Crippen MR) is 69.8 cm³/mol. The van der Waals surface area contributed by atoms with E-state index >= 15 is 0 Å². The number of azide groups is 1. The molecule has 3 atom stereocenters. The summed E-state index contributed by atoms with van der Waals surface area (Å²) in [7, 11) is 0. The molecule has 7 nitrogen and oxygen atoms in total. The van der Waals surface area contributed by atoms with E-state index < -0.39 is 22.8 Å². The van der Waals surface area contributed by atoms with Crippen molar-refractivity contribution in [3.63, 3.8) is 0 Å². The van der Waals surface area contributed by atoms with Crippen LogP contribution >= 0.6 is 0 Å². The number of allylic oxidation sites excluding steroid dienone is 1. The Morgan fingerprint density at radius 1 is 1.40 bits per heavy atom. The van der Waals surface area contributed by atoms with Crippen molar-refractivity contribution in [2.75, 3.05) is 6.54 Å². The van der Waals surface area contributed by atoms with Gasteiger partial charge in [0.15, 0.2) is 0 Å². The van der Waals surface area contributed by atoms with Gasteiger partial charge in [0, 0.05) is 11.5 Å². The highest BCUT2D eigenvalue weighted by Gasteiger charge is 2.56. The first-order chi connectivity index (χ1) is 9.35. The second-order valence-electron chi connectivity index (χ2n) is 5.97. The van der Waals surface area contributed by atoms with E-state index in [-0.39, 0.29) is 24.8 Å². The van der Waals surface area contributed by atoms with E-state index in [0.717, 1.165) is 12.8 Å². The Morgan fingerprint density at radius 3 is 2.50 bits per heavy atom. The van der Waals surface area contributed by atoms with E-state index in [9.17, 15) is 19.8 Å². The molecule has 0 aromatic carbocycles. The Balaban J connectivity index is 2.47. The molecule has 0 saturated heterocycles. The van der Waals surface area contributed by atoms with Crippen LogP contribution in [0.2, 0.25) is 0 Å². The molecule has 0 spiro atoms. The number of hydrogen-bond acceptors (Lipinski definition) is 3. The second kappa shape index (κ2) is 4.83. The fraction of sp³-hybridized carbons (Fsp3) is 0.692. The molecule has 3 unspecified atom stereocenters. The van der Waals surface area contributed by atoms with Gasteiger partial charge in [-0.25, -0.2) is 0 Å². The maximum atomic E-state index is 11.8. The molecular formula is C13H17N3O4. The average Bonchev–Trinajstić information content (AvgIpc) is 3.20.